The number of hydrogen-bond acceptors (Lipinski definition) is 9. The van der Waals surface area contributed by atoms with Gasteiger partial charge in [-0.2, -0.15) is 0 Å². The third-order valence-electron chi connectivity index (χ3n) is 5.08. The van der Waals surface area contributed by atoms with Crippen LogP contribution in [0, 0.1) is 0 Å². The van der Waals surface area contributed by atoms with Gasteiger partial charge in [0.1, 0.15) is 22.8 Å². The fraction of sp³-hybridized carbons (Fsp3) is 0.821. The second-order valence-electron chi connectivity index (χ2n) is 12.9. The van der Waals surface area contributed by atoms with Gasteiger partial charge in [-0.1, -0.05) is 0 Å². The highest BCUT2D eigenvalue weighted by Gasteiger charge is 2.26. The Bertz CT molecular complexity index is 877. The highest BCUT2D eigenvalue weighted by Crippen LogP contribution is 2.10. The van der Waals surface area contributed by atoms with Gasteiger partial charge in [0.15, 0.2) is 0 Å². The van der Waals surface area contributed by atoms with E-state index in [1.165, 1.54) is 0 Å². The lowest BCUT2D eigenvalue weighted by Crippen LogP contribution is -2.52. The molecule has 42 heavy (non-hydrogen) atoms. The van der Waals surface area contributed by atoms with E-state index < -0.39 is 53.1 Å². The van der Waals surface area contributed by atoms with Gasteiger partial charge >= 0.3 is 18.3 Å². The molecule has 0 aliphatic rings. The summed E-state index contributed by atoms with van der Waals surface area (Å²) in [6.07, 6.45) is 0.317. The van der Waals surface area contributed by atoms with Gasteiger partial charge in [0.05, 0.1) is 6.54 Å². The van der Waals surface area contributed by atoms with Crippen molar-refractivity contribution in [1.82, 2.24) is 26.6 Å². The van der Waals surface area contributed by atoms with Crippen molar-refractivity contribution in [2.75, 3.05) is 26.2 Å². The fourth-order valence-electron chi connectivity index (χ4n) is 3.39. The Balaban J connectivity index is 5.27. The highest BCUT2D eigenvalue weighted by atomic mass is 16.6. The minimum atomic E-state index is -0.916. The first-order chi connectivity index (χ1) is 19.2. The summed E-state index contributed by atoms with van der Waals surface area (Å²) in [4.78, 5) is 61.3. The number of amides is 5. The standard InChI is InChI=1S/C28H54N6O8/c1-26(2,3)40-23(37)31-16-12-13-19(33-24(38)41-27(4,5)6)18-32-22(36)20(34-25(39)42-28(7,8)9)14-10-11-15-30-21(35)17-29/h19-20H,10-18,29H2,1-9H3,(H,30,35)(H,31,37)(H,32,36)(H,33,38)(H,34,39)/t19-,20-/m0/s1. The van der Waals surface area contributed by atoms with Crippen LogP contribution in [0.5, 0.6) is 0 Å². The molecule has 0 aliphatic carbocycles. The van der Waals surface area contributed by atoms with Crippen LogP contribution in [-0.4, -0.2) is 85.2 Å². The predicted octanol–water partition coefficient (Wildman–Crippen LogP) is 2.44. The Morgan fingerprint density at radius 1 is 0.619 bits per heavy atom. The molecule has 0 fully saturated rings. The maximum Gasteiger partial charge on any atom is 0.408 e. The highest BCUT2D eigenvalue weighted by molar-refractivity contribution is 5.85. The Morgan fingerprint density at radius 3 is 1.64 bits per heavy atom. The van der Waals surface area contributed by atoms with Gasteiger partial charge in [-0.25, -0.2) is 14.4 Å². The summed E-state index contributed by atoms with van der Waals surface area (Å²) in [7, 11) is 0. The number of nitrogens with two attached hydrogens (primary N) is 1. The molecule has 0 unspecified atom stereocenters. The summed E-state index contributed by atoms with van der Waals surface area (Å²) in [5.74, 6) is -0.740. The zero-order valence-electron chi connectivity index (χ0n) is 26.9. The number of rotatable bonds is 15. The van der Waals surface area contributed by atoms with Gasteiger partial charge in [-0.15, -0.1) is 0 Å². The Morgan fingerprint density at radius 2 is 1.12 bits per heavy atom. The van der Waals surface area contributed by atoms with Gasteiger partial charge < -0.3 is 46.5 Å². The van der Waals surface area contributed by atoms with Crippen molar-refractivity contribution in [3.05, 3.63) is 0 Å². The van der Waals surface area contributed by atoms with E-state index in [1.807, 2.05) is 0 Å². The van der Waals surface area contributed by atoms with E-state index >= 15 is 0 Å². The number of unbranched alkanes of at least 4 members (excludes halogenated alkanes) is 1. The number of ether oxygens (including phenoxy) is 3. The van der Waals surface area contributed by atoms with Crippen LogP contribution >= 0.6 is 0 Å². The molecule has 7 N–H and O–H groups in total. The average Bonchev–Trinajstić information content (AvgIpc) is 2.80. The summed E-state index contributed by atoms with van der Waals surface area (Å²) in [5, 5.41) is 13.5. The molecule has 0 bridgehead atoms. The van der Waals surface area contributed by atoms with Crippen molar-refractivity contribution in [1.29, 1.82) is 0 Å². The molecular weight excluding hydrogens is 548 g/mol. The molecule has 0 rings (SSSR count). The number of carbonyl (C=O) groups excluding carboxylic acids is 5. The molecule has 0 aliphatic heterocycles. The van der Waals surface area contributed by atoms with Crippen molar-refractivity contribution >= 4 is 30.1 Å². The first-order valence-corrected chi connectivity index (χ1v) is 14.4. The normalized spacial score (nSPS) is 13.2. The molecular formula is C28H54N6O8. The zero-order valence-corrected chi connectivity index (χ0v) is 26.9. The SMILES string of the molecule is CC(C)(C)OC(=O)NCCC[C@@H](CNC(=O)[C@H](CCCCNC(=O)CN)NC(=O)OC(C)(C)C)NC(=O)OC(C)(C)C. The molecule has 5 amide bonds. The third-order valence-corrected chi connectivity index (χ3v) is 5.08. The first kappa shape index (κ1) is 38.7. The van der Waals surface area contributed by atoms with Crippen molar-refractivity contribution in [2.45, 2.75) is 123 Å². The molecule has 0 aromatic heterocycles. The van der Waals surface area contributed by atoms with Crippen LogP contribution in [0.2, 0.25) is 0 Å². The van der Waals surface area contributed by atoms with Crippen LogP contribution < -0.4 is 32.3 Å². The molecule has 244 valence electrons. The van der Waals surface area contributed by atoms with Crippen LogP contribution in [0.15, 0.2) is 0 Å². The molecule has 0 saturated heterocycles. The van der Waals surface area contributed by atoms with Gasteiger partial charge in [-0.05, 0) is 94.4 Å². The van der Waals surface area contributed by atoms with Crippen LogP contribution in [-0.2, 0) is 23.8 Å². The molecule has 14 heteroatoms. The molecule has 0 saturated carbocycles. The second kappa shape index (κ2) is 18.3. The molecule has 0 heterocycles. The van der Waals surface area contributed by atoms with Crippen LogP contribution in [0.3, 0.4) is 0 Å². The van der Waals surface area contributed by atoms with E-state index in [0.29, 0.717) is 38.8 Å². The minimum absolute atomic E-state index is 0.0452. The van der Waals surface area contributed by atoms with E-state index in [-0.39, 0.29) is 25.4 Å². The van der Waals surface area contributed by atoms with Crippen molar-refractivity contribution in [2.24, 2.45) is 5.73 Å². The van der Waals surface area contributed by atoms with Crippen molar-refractivity contribution in [3.63, 3.8) is 0 Å². The van der Waals surface area contributed by atoms with E-state index in [9.17, 15) is 24.0 Å². The van der Waals surface area contributed by atoms with Crippen LogP contribution in [0.4, 0.5) is 14.4 Å². The monoisotopic (exact) mass is 602 g/mol. The van der Waals surface area contributed by atoms with Gasteiger partial charge in [0.25, 0.3) is 0 Å². The maximum atomic E-state index is 13.1. The Kier molecular flexibility index (Phi) is 16.9. The predicted molar refractivity (Wildman–Crippen MR) is 159 cm³/mol. The first-order valence-electron chi connectivity index (χ1n) is 14.4. The van der Waals surface area contributed by atoms with Gasteiger partial charge in [0, 0.05) is 25.7 Å². The lowest BCUT2D eigenvalue weighted by molar-refractivity contribution is -0.123. The molecule has 0 spiro atoms. The number of nitrogens with one attached hydrogen (secondary N) is 5. The quantitative estimate of drug-likeness (QED) is 0.120. The van der Waals surface area contributed by atoms with E-state index in [4.69, 9.17) is 19.9 Å². The van der Waals surface area contributed by atoms with E-state index in [1.54, 1.807) is 62.3 Å². The minimum Gasteiger partial charge on any atom is -0.444 e. The van der Waals surface area contributed by atoms with E-state index in [2.05, 4.69) is 26.6 Å². The van der Waals surface area contributed by atoms with Crippen LogP contribution in [0.25, 0.3) is 0 Å². The van der Waals surface area contributed by atoms with Crippen molar-refractivity contribution in [3.8, 4) is 0 Å². The zero-order chi connectivity index (χ0) is 32.6. The summed E-state index contributed by atoms with van der Waals surface area (Å²) >= 11 is 0. The van der Waals surface area contributed by atoms with Gasteiger partial charge in [0.2, 0.25) is 11.8 Å². The lowest BCUT2D eigenvalue weighted by atomic mass is 10.1. The summed E-state index contributed by atoms with van der Waals surface area (Å²) in [5.41, 5.74) is 3.18. The summed E-state index contributed by atoms with van der Waals surface area (Å²) < 4.78 is 15.9. The maximum absolute atomic E-state index is 13.1. The Hall–Kier alpha value is -3.29. The van der Waals surface area contributed by atoms with Crippen LogP contribution in [0.1, 0.15) is 94.4 Å². The molecule has 0 aromatic carbocycles. The fourth-order valence-corrected chi connectivity index (χ4v) is 3.39. The number of carbonyl (C=O) groups is 5. The largest absolute Gasteiger partial charge is 0.444 e. The third kappa shape index (κ3) is 22.4. The van der Waals surface area contributed by atoms with Crippen molar-refractivity contribution < 1.29 is 38.2 Å². The summed E-state index contributed by atoms with van der Waals surface area (Å²) in [6.45, 7) is 16.3. The summed E-state index contributed by atoms with van der Waals surface area (Å²) in [6, 6.07) is -1.45. The number of alkyl carbamates (subject to hydrolysis) is 3. The average molecular weight is 603 g/mol. The molecule has 0 radical (unpaired) electrons. The molecule has 14 nitrogen and oxygen atoms in total. The lowest BCUT2D eigenvalue weighted by Gasteiger charge is -2.26. The molecule has 2 atom stereocenters. The topological polar surface area (TPSA) is 199 Å². The second-order valence-corrected chi connectivity index (χ2v) is 12.9. The smallest absolute Gasteiger partial charge is 0.408 e. The van der Waals surface area contributed by atoms with E-state index in [0.717, 1.165) is 0 Å². The molecule has 0 aromatic rings. The van der Waals surface area contributed by atoms with Gasteiger partial charge in [-0.3, -0.25) is 9.59 Å². The number of hydrogen-bond donors (Lipinski definition) is 6. The Labute approximate surface area is 250 Å².